The molecule has 1 aliphatic rings. The summed E-state index contributed by atoms with van der Waals surface area (Å²) in [4.78, 5) is 6.66. The zero-order valence-electron chi connectivity index (χ0n) is 9.13. The Hall–Kier alpha value is -0.930. The normalized spacial score (nSPS) is 25.1. The Morgan fingerprint density at radius 3 is 3.07 bits per heavy atom. The highest BCUT2D eigenvalue weighted by Crippen LogP contribution is 2.22. The van der Waals surface area contributed by atoms with Crippen LogP contribution in [0.5, 0.6) is 0 Å². The summed E-state index contributed by atoms with van der Waals surface area (Å²) in [5, 5.41) is 9.61. The molecule has 1 aliphatic heterocycles. The number of rotatable bonds is 2. The number of aliphatic hydroxyl groups excluding tert-OH is 1. The molecule has 0 spiro atoms. The number of hydrogen-bond acceptors (Lipinski definition) is 3. The molecular formula is C12H18N2O. The van der Waals surface area contributed by atoms with Crippen LogP contribution < -0.4 is 0 Å². The molecule has 0 aromatic carbocycles. The lowest BCUT2D eigenvalue weighted by Gasteiger charge is -2.34. The molecule has 2 rings (SSSR count). The predicted octanol–water partition coefficient (Wildman–Crippen LogP) is 1.60. The van der Waals surface area contributed by atoms with Gasteiger partial charge in [-0.25, -0.2) is 0 Å². The maximum absolute atomic E-state index is 9.61. The van der Waals surface area contributed by atoms with Crippen molar-refractivity contribution in [3.63, 3.8) is 0 Å². The molecular weight excluding hydrogens is 188 g/mol. The van der Waals surface area contributed by atoms with Gasteiger partial charge in [-0.05, 0) is 38.4 Å². The minimum Gasteiger partial charge on any atom is -0.392 e. The van der Waals surface area contributed by atoms with Crippen LogP contribution in [-0.4, -0.2) is 34.2 Å². The summed E-state index contributed by atoms with van der Waals surface area (Å²) < 4.78 is 0. The lowest BCUT2D eigenvalue weighted by Crippen LogP contribution is -2.39. The number of pyridine rings is 1. The van der Waals surface area contributed by atoms with Crippen molar-refractivity contribution < 1.29 is 5.11 Å². The van der Waals surface area contributed by atoms with E-state index in [1.165, 1.54) is 0 Å². The summed E-state index contributed by atoms with van der Waals surface area (Å²) in [6.45, 7) is 3.99. The van der Waals surface area contributed by atoms with Crippen molar-refractivity contribution in [2.75, 3.05) is 13.1 Å². The Morgan fingerprint density at radius 2 is 2.40 bits per heavy atom. The third-order valence-electron chi connectivity index (χ3n) is 3.09. The number of piperidine rings is 1. The first-order valence-electron chi connectivity index (χ1n) is 5.60. The second kappa shape index (κ2) is 4.73. The fourth-order valence-corrected chi connectivity index (χ4v) is 2.15. The second-order valence-corrected chi connectivity index (χ2v) is 4.22. The molecule has 0 bridgehead atoms. The van der Waals surface area contributed by atoms with Crippen LogP contribution in [0.4, 0.5) is 0 Å². The molecule has 3 heteroatoms. The quantitative estimate of drug-likeness (QED) is 0.798. The van der Waals surface area contributed by atoms with Gasteiger partial charge in [0.1, 0.15) is 0 Å². The van der Waals surface area contributed by atoms with Crippen LogP contribution in [0.1, 0.15) is 31.5 Å². The fraction of sp³-hybridized carbons (Fsp3) is 0.583. The van der Waals surface area contributed by atoms with Crippen LogP contribution in [-0.2, 0) is 0 Å². The Morgan fingerprint density at radius 1 is 1.53 bits per heavy atom. The van der Waals surface area contributed by atoms with Gasteiger partial charge in [-0.15, -0.1) is 0 Å². The molecule has 1 N–H and O–H groups in total. The van der Waals surface area contributed by atoms with Crippen LogP contribution in [0.25, 0.3) is 0 Å². The van der Waals surface area contributed by atoms with E-state index in [4.69, 9.17) is 0 Å². The van der Waals surface area contributed by atoms with Crippen molar-refractivity contribution in [3.8, 4) is 0 Å². The molecule has 1 aromatic rings. The number of aliphatic hydroxyl groups is 1. The molecule has 2 atom stereocenters. The molecule has 1 saturated heterocycles. The first-order chi connectivity index (χ1) is 7.27. The Balaban J connectivity index is 2.04. The average molecular weight is 206 g/mol. The summed E-state index contributed by atoms with van der Waals surface area (Å²) in [6, 6.07) is 6.30. The molecule has 15 heavy (non-hydrogen) atoms. The molecule has 1 fully saturated rings. The Bertz CT molecular complexity index is 302. The van der Waals surface area contributed by atoms with Gasteiger partial charge >= 0.3 is 0 Å². The van der Waals surface area contributed by atoms with Gasteiger partial charge < -0.3 is 5.11 Å². The van der Waals surface area contributed by atoms with Gasteiger partial charge in [-0.1, -0.05) is 6.07 Å². The standard InChI is InChI=1S/C12H18N2O/c1-10(12-6-2-3-7-13-12)14-8-4-5-11(15)9-14/h2-3,6-7,10-11,15H,4-5,8-9H2,1H3. The first kappa shape index (κ1) is 10.6. The van der Waals surface area contributed by atoms with E-state index < -0.39 is 0 Å². The highest BCUT2D eigenvalue weighted by Gasteiger charge is 2.23. The smallest absolute Gasteiger partial charge is 0.0667 e. The molecule has 0 amide bonds. The van der Waals surface area contributed by atoms with Crippen LogP contribution in [0.3, 0.4) is 0 Å². The number of β-amino-alcohol motifs (C(OH)–C–C–N with tert-alkyl or cyclic N) is 1. The monoisotopic (exact) mass is 206 g/mol. The number of hydrogen-bond donors (Lipinski definition) is 1. The minimum atomic E-state index is -0.162. The third kappa shape index (κ3) is 2.55. The van der Waals surface area contributed by atoms with Crippen LogP contribution >= 0.6 is 0 Å². The largest absolute Gasteiger partial charge is 0.392 e. The zero-order valence-corrected chi connectivity index (χ0v) is 9.13. The van der Waals surface area contributed by atoms with Gasteiger partial charge in [0, 0.05) is 18.8 Å². The van der Waals surface area contributed by atoms with E-state index in [2.05, 4.69) is 16.8 Å². The molecule has 3 nitrogen and oxygen atoms in total. The van der Waals surface area contributed by atoms with Crippen molar-refractivity contribution >= 4 is 0 Å². The van der Waals surface area contributed by atoms with Gasteiger partial charge in [0.2, 0.25) is 0 Å². The van der Waals surface area contributed by atoms with Gasteiger partial charge in [0.05, 0.1) is 11.8 Å². The van der Waals surface area contributed by atoms with E-state index in [0.717, 1.165) is 31.6 Å². The van der Waals surface area contributed by atoms with Crippen molar-refractivity contribution in [1.82, 2.24) is 9.88 Å². The van der Waals surface area contributed by atoms with Crippen LogP contribution in [0, 0.1) is 0 Å². The van der Waals surface area contributed by atoms with E-state index in [1.807, 2.05) is 24.4 Å². The van der Waals surface area contributed by atoms with Gasteiger partial charge in [0.15, 0.2) is 0 Å². The summed E-state index contributed by atoms with van der Waals surface area (Å²) in [5.41, 5.74) is 1.09. The minimum absolute atomic E-state index is 0.162. The molecule has 1 aromatic heterocycles. The lowest BCUT2D eigenvalue weighted by atomic mass is 10.0. The highest BCUT2D eigenvalue weighted by molar-refractivity contribution is 5.08. The van der Waals surface area contributed by atoms with E-state index >= 15 is 0 Å². The highest BCUT2D eigenvalue weighted by atomic mass is 16.3. The maximum atomic E-state index is 9.61. The lowest BCUT2D eigenvalue weighted by molar-refractivity contribution is 0.0494. The summed E-state index contributed by atoms with van der Waals surface area (Å²) in [5.74, 6) is 0. The number of nitrogens with zero attached hydrogens (tertiary/aromatic N) is 2. The summed E-state index contributed by atoms with van der Waals surface area (Å²) in [7, 11) is 0. The Kier molecular flexibility index (Phi) is 3.34. The topological polar surface area (TPSA) is 36.4 Å². The average Bonchev–Trinajstić information content (AvgIpc) is 2.29. The van der Waals surface area contributed by atoms with Gasteiger partial charge in [0.25, 0.3) is 0 Å². The van der Waals surface area contributed by atoms with Crippen molar-refractivity contribution in [1.29, 1.82) is 0 Å². The number of likely N-dealkylation sites (tertiary alicyclic amines) is 1. The van der Waals surface area contributed by atoms with Crippen molar-refractivity contribution in [2.24, 2.45) is 0 Å². The molecule has 0 saturated carbocycles. The van der Waals surface area contributed by atoms with E-state index in [-0.39, 0.29) is 6.10 Å². The Labute approximate surface area is 90.8 Å². The predicted molar refractivity (Wildman–Crippen MR) is 59.5 cm³/mol. The molecule has 82 valence electrons. The van der Waals surface area contributed by atoms with Crippen molar-refractivity contribution in [2.45, 2.75) is 31.9 Å². The molecule has 0 radical (unpaired) electrons. The zero-order chi connectivity index (χ0) is 10.7. The molecule has 0 aliphatic carbocycles. The van der Waals surface area contributed by atoms with Gasteiger partial charge in [-0.3, -0.25) is 9.88 Å². The molecule has 2 heterocycles. The van der Waals surface area contributed by atoms with Crippen LogP contribution in [0.2, 0.25) is 0 Å². The number of aromatic nitrogens is 1. The van der Waals surface area contributed by atoms with Crippen molar-refractivity contribution in [3.05, 3.63) is 30.1 Å². The summed E-state index contributed by atoms with van der Waals surface area (Å²) in [6.07, 6.45) is 3.68. The van der Waals surface area contributed by atoms with Gasteiger partial charge in [-0.2, -0.15) is 0 Å². The second-order valence-electron chi connectivity index (χ2n) is 4.22. The van der Waals surface area contributed by atoms with E-state index in [1.54, 1.807) is 0 Å². The third-order valence-corrected chi connectivity index (χ3v) is 3.09. The first-order valence-corrected chi connectivity index (χ1v) is 5.60. The molecule has 2 unspecified atom stereocenters. The maximum Gasteiger partial charge on any atom is 0.0667 e. The fourth-order valence-electron chi connectivity index (χ4n) is 2.15. The van der Waals surface area contributed by atoms with Crippen LogP contribution in [0.15, 0.2) is 24.4 Å². The van der Waals surface area contributed by atoms with E-state index in [0.29, 0.717) is 6.04 Å². The summed E-state index contributed by atoms with van der Waals surface area (Å²) >= 11 is 0. The van der Waals surface area contributed by atoms with E-state index in [9.17, 15) is 5.11 Å². The SMILES string of the molecule is CC(c1ccccn1)N1CCCC(O)C1.